The quantitative estimate of drug-likeness (QED) is 0.785. The van der Waals surface area contributed by atoms with E-state index in [0.29, 0.717) is 19.4 Å². The van der Waals surface area contributed by atoms with Crippen molar-refractivity contribution in [2.24, 2.45) is 5.73 Å². The number of hydrogen-bond donors (Lipinski definition) is 2. The van der Waals surface area contributed by atoms with Gasteiger partial charge < -0.3 is 20.5 Å². The SMILES string of the molecule is COC(=O)C1CCCN1C(=O)C(N)Cc1ccc(O)cc1. The number of nitrogens with two attached hydrogens (primary N) is 1. The minimum Gasteiger partial charge on any atom is -0.508 e. The molecule has 0 bridgehead atoms. The van der Waals surface area contributed by atoms with Gasteiger partial charge >= 0.3 is 5.97 Å². The fourth-order valence-electron chi connectivity index (χ4n) is 2.60. The lowest BCUT2D eigenvalue weighted by Gasteiger charge is -2.25. The van der Waals surface area contributed by atoms with Gasteiger partial charge in [-0.25, -0.2) is 4.79 Å². The number of rotatable bonds is 4. The number of nitrogens with zero attached hydrogens (tertiary/aromatic N) is 1. The van der Waals surface area contributed by atoms with Crippen molar-refractivity contribution in [2.45, 2.75) is 31.3 Å². The van der Waals surface area contributed by atoms with Crippen LogP contribution in [0, 0.1) is 0 Å². The molecule has 0 spiro atoms. The Morgan fingerprint density at radius 3 is 2.71 bits per heavy atom. The average Bonchev–Trinajstić information content (AvgIpc) is 2.97. The fourth-order valence-corrected chi connectivity index (χ4v) is 2.60. The van der Waals surface area contributed by atoms with Crippen LogP contribution < -0.4 is 5.73 Å². The van der Waals surface area contributed by atoms with Crippen LogP contribution in [0.2, 0.25) is 0 Å². The first-order valence-corrected chi connectivity index (χ1v) is 6.94. The first kappa shape index (κ1) is 15.3. The van der Waals surface area contributed by atoms with E-state index >= 15 is 0 Å². The summed E-state index contributed by atoms with van der Waals surface area (Å²) in [6, 6.07) is 5.33. The molecular weight excluding hydrogens is 272 g/mol. The highest BCUT2D eigenvalue weighted by Crippen LogP contribution is 2.20. The summed E-state index contributed by atoms with van der Waals surface area (Å²) in [7, 11) is 1.32. The Balaban J connectivity index is 2.01. The van der Waals surface area contributed by atoms with Gasteiger partial charge in [0, 0.05) is 6.54 Å². The zero-order valence-corrected chi connectivity index (χ0v) is 12.0. The Hall–Kier alpha value is -2.08. The third kappa shape index (κ3) is 3.52. The molecule has 0 aliphatic carbocycles. The van der Waals surface area contributed by atoms with Crippen molar-refractivity contribution < 1.29 is 19.4 Å². The van der Waals surface area contributed by atoms with Crippen LogP contribution in [0.4, 0.5) is 0 Å². The molecule has 6 nitrogen and oxygen atoms in total. The lowest BCUT2D eigenvalue weighted by atomic mass is 10.0. The molecule has 1 aliphatic heterocycles. The van der Waals surface area contributed by atoms with Crippen molar-refractivity contribution in [3.63, 3.8) is 0 Å². The normalized spacial score (nSPS) is 19.3. The molecule has 0 saturated carbocycles. The van der Waals surface area contributed by atoms with E-state index in [-0.39, 0.29) is 11.7 Å². The molecule has 1 aliphatic rings. The van der Waals surface area contributed by atoms with Crippen molar-refractivity contribution in [1.29, 1.82) is 0 Å². The number of likely N-dealkylation sites (tertiary alicyclic amines) is 1. The van der Waals surface area contributed by atoms with Gasteiger partial charge in [-0.3, -0.25) is 4.79 Å². The third-order valence-electron chi connectivity index (χ3n) is 3.72. The molecule has 3 N–H and O–H groups in total. The highest BCUT2D eigenvalue weighted by atomic mass is 16.5. The molecular formula is C15H20N2O4. The number of hydrogen-bond acceptors (Lipinski definition) is 5. The maximum absolute atomic E-state index is 12.4. The van der Waals surface area contributed by atoms with Crippen LogP contribution in [0.1, 0.15) is 18.4 Å². The van der Waals surface area contributed by atoms with Crippen molar-refractivity contribution >= 4 is 11.9 Å². The number of carbonyl (C=O) groups excluding carboxylic acids is 2. The summed E-state index contributed by atoms with van der Waals surface area (Å²) in [5.41, 5.74) is 6.83. The van der Waals surface area contributed by atoms with Crippen molar-refractivity contribution in [1.82, 2.24) is 4.90 Å². The Morgan fingerprint density at radius 2 is 2.10 bits per heavy atom. The first-order valence-electron chi connectivity index (χ1n) is 6.94. The van der Waals surface area contributed by atoms with Gasteiger partial charge in [-0.2, -0.15) is 0 Å². The average molecular weight is 292 g/mol. The van der Waals surface area contributed by atoms with Gasteiger partial charge in [0.1, 0.15) is 11.8 Å². The van der Waals surface area contributed by atoms with Crippen molar-refractivity contribution in [3.8, 4) is 5.75 Å². The second-order valence-electron chi connectivity index (χ2n) is 5.19. The number of amides is 1. The summed E-state index contributed by atoms with van der Waals surface area (Å²) in [5.74, 6) is -0.461. The van der Waals surface area contributed by atoms with Crippen LogP contribution in [0.25, 0.3) is 0 Å². The molecule has 2 rings (SSSR count). The second kappa shape index (κ2) is 6.58. The van der Waals surface area contributed by atoms with E-state index in [2.05, 4.69) is 0 Å². The van der Waals surface area contributed by atoms with Crippen molar-refractivity contribution in [2.75, 3.05) is 13.7 Å². The Bertz CT molecular complexity index is 515. The van der Waals surface area contributed by atoms with Gasteiger partial charge in [0.2, 0.25) is 5.91 Å². The molecule has 21 heavy (non-hydrogen) atoms. The highest BCUT2D eigenvalue weighted by Gasteiger charge is 2.36. The summed E-state index contributed by atoms with van der Waals surface area (Å²) >= 11 is 0. The topological polar surface area (TPSA) is 92.9 Å². The first-order chi connectivity index (χ1) is 10.0. The van der Waals surface area contributed by atoms with E-state index in [1.54, 1.807) is 24.3 Å². The maximum atomic E-state index is 12.4. The van der Waals surface area contributed by atoms with Gasteiger partial charge in [0.05, 0.1) is 13.2 Å². The predicted molar refractivity (Wildman–Crippen MR) is 76.5 cm³/mol. The van der Waals surface area contributed by atoms with E-state index in [9.17, 15) is 14.7 Å². The molecule has 114 valence electrons. The number of esters is 1. The number of phenols is 1. The Morgan fingerprint density at radius 1 is 1.43 bits per heavy atom. The van der Waals surface area contributed by atoms with E-state index < -0.39 is 18.1 Å². The van der Waals surface area contributed by atoms with Crippen LogP contribution in [-0.4, -0.2) is 47.6 Å². The summed E-state index contributed by atoms with van der Waals surface area (Å²) in [6.45, 7) is 0.530. The summed E-state index contributed by atoms with van der Waals surface area (Å²) in [4.78, 5) is 25.6. The van der Waals surface area contributed by atoms with Crippen LogP contribution in [0.5, 0.6) is 5.75 Å². The molecule has 1 saturated heterocycles. The van der Waals surface area contributed by atoms with Gasteiger partial charge in [0.25, 0.3) is 0 Å². The van der Waals surface area contributed by atoms with E-state index in [1.807, 2.05) is 0 Å². The largest absolute Gasteiger partial charge is 0.508 e. The molecule has 0 radical (unpaired) electrons. The number of phenolic OH excluding ortho intramolecular Hbond substituents is 1. The van der Waals surface area contributed by atoms with Crippen LogP contribution in [-0.2, 0) is 20.7 Å². The number of methoxy groups -OCH3 is 1. The summed E-state index contributed by atoms with van der Waals surface area (Å²) in [5, 5.41) is 9.24. The van der Waals surface area contributed by atoms with Crippen molar-refractivity contribution in [3.05, 3.63) is 29.8 Å². The Kier molecular flexibility index (Phi) is 4.80. The molecule has 2 unspecified atom stereocenters. The molecule has 6 heteroatoms. The van der Waals surface area contributed by atoms with Crippen LogP contribution in [0.15, 0.2) is 24.3 Å². The lowest BCUT2D eigenvalue weighted by molar-refractivity contribution is -0.151. The van der Waals surface area contributed by atoms with E-state index in [0.717, 1.165) is 12.0 Å². The third-order valence-corrected chi connectivity index (χ3v) is 3.72. The molecule has 1 aromatic rings. The number of carbonyl (C=O) groups is 2. The second-order valence-corrected chi connectivity index (χ2v) is 5.19. The van der Waals surface area contributed by atoms with Crippen LogP contribution in [0.3, 0.4) is 0 Å². The monoisotopic (exact) mass is 292 g/mol. The zero-order chi connectivity index (χ0) is 15.4. The standard InChI is InChI=1S/C15H20N2O4/c1-21-15(20)13-3-2-8-17(13)14(19)12(16)9-10-4-6-11(18)7-5-10/h4-7,12-13,18H,2-3,8-9,16H2,1H3. The summed E-state index contributed by atoms with van der Waals surface area (Å²) in [6.07, 6.45) is 1.76. The predicted octanol–water partition coefficient (Wildman–Crippen LogP) is 0.426. The molecule has 1 fully saturated rings. The molecule has 1 heterocycles. The Labute approximate surface area is 123 Å². The molecule has 1 aromatic carbocycles. The van der Waals surface area contributed by atoms with Gasteiger partial charge in [-0.15, -0.1) is 0 Å². The van der Waals surface area contributed by atoms with Crippen LogP contribution >= 0.6 is 0 Å². The molecule has 1 amide bonds. The van der Waals surface area contributed by atoms with E-state index in [4.69, 9.17) is 10.5 Å². The maximum Gasteiger partial charge on any atom is 0.328 e. The molecule has 2 atom stereocenters. The minimum absolute atomic E-state index is 0.170. The number of benzene rings is 1. The summed E-state index contributed by atoms with van der Waals surface area (Å²) < 4.78 is 4.72. The molecule has 0 aromatic heterocycles. The fraction of sp³-hybridized carbons (Fsp3) is 0.467. The van der Waals surface area contributed by atoms with Gasteiger partial charge in [0.15, 0.2) is 0 Å². The van der Waals surface area contributed by atoms with Gasteiger partial charge in [-0.1, -0.05) is 12.1 Å². The smallest absolute Gasteiger partial charge is 0.328 e. The number of aromatic hydroxyl groups is 1. The van der Waals surface area contributed by atoms with Gasteiger partial charge in [-0.05, 0) is 37.0 Å². The zero-order valence-electron chi connectivity index (χ0n) is 12.0. The minimum atomic E-state index is -0.709. The lowest BCUT2D eigenvalue weighted by Crippen LogP contribution is -2.49. The van der Waals surface area contributed by atoms with E-state index in [1.165, 1.54) is 12.0 Å². The number of ether oxygens (including phenoxy) is 1. The highest BCUT2D eigenvalue weighted by molar-refractivity contribution is 5.88.